The molecule has 0 bridgehead atoms. The van der Waals surface area contributed by atoms with Gasteiger partial charge in [0.05, 0.1) is 18.1 Å². The molecule has 2 heterocycles. The molecule has 0 radical (unpaired) electrons. The van der Waals surface area contributed by atoms with Crippen LogP contribution >= 0.6 is 0 Å². The lowest BCUT2D eigenvalue weighted by Crippen LogP contribution is -2.40. The Morgan fingerprint density at radius 2 is 2.18 bits per heavy atom. The molecule has 2 rings (SSSR count). The van der Waals surface area contributed by atoms with Crippen LogP contribution in [0.2, 0.25) is 0 Å². The highest BCUT2D eigenvalue weighted by atomic mass is 15.2. The predicted molar refractivity (Wildman–Crippen MR) is 69.7 cm³/mol. The van der Waals surface area contributed by atoms with Crippen molar-refractivity contribution in [3.05, 3.63) is 18.2 Å². The zero-order chi connectivity index (χ0) is 12.3. The van der Waals surface area contributed by atoms with E-state index >= 15 is 0 Å². The molecule has 96 valence electrons. The SMILES string of the molecule is CCn1cncc1C(CN)N1CCC(C)CC1. The molecule has 1 aromatic heterocycles. The van der Waals surface area contributed by atoms with E-state index < -0.39 is 0 Å². The number of rotatable bonds is 4. The van der Waals surface area contributed by atoms with Crippen LogP contribution in [0.4, 0.5) is 0 Å². The molecule has 0 aliphatic carbocycles. The molecule has 0 amide bonds. The number of hydrogen-bond acceptors (Lipinski definition) is 3. The first-order valence-corrected chi connectivity index (χ1v) is 6.70. The van der Waals surface area contributed by atoms with Gasteiger partial charge >= 0.3 is 0 Å². The lowest BCUT2D eigenvalue weighted by atomic mass is 9.97. The largest absolute Gasteiger partial charge is 0.333 e. The maximum Gasteiger partial charge on any atom is 0.0948 e. The van der Waals surface area contributed by atoms with Crippen LogP contribution in [-0.4, -0.2) is 34.1 Å². The van der Waals surface area contributed by atoms with Crippen molar-refractivity contribution >= 4 is 0 Å². The number of piperidine rings is 1. The number of hydrogen-bond donors (Lipinski definition) is 1. The Balaban J connectivity index is 2.10. The van der Waals surface area contributed by atoms with E-state index in [1.807, 2.05) is 12.5 Å². The van der Waals surface area contributed by atoms with Crippen molar-refractivity contribution in [2.45, 2.75) is 39.3 Å². The number of nitrogens with zero attached hydrogens (tertiary/aromatic N) is 3. The Morgan fingerprint density at radius 3 is 2.76 bits per heavy atom. The van der Waals surface area contributed by atoms with E-state index in [0.717, 1.165) is 25.6 Å². The standard InChI is InChI=1S/C13H24N4/c1-3-16-10-15-9-13(16)12(8-14)17-6-4-11(2)5-7-17/h9-12H,3-8,14H2,1-2H3. The van der Waals surface area contributed by atoms with Crippen LogP contribution in [0.5, 0.6) is 0 Å². The quantitative estimate of drug-likeness (QED) is 0.864. The van der Waals surface area contributed by atoms with Gasteiger partial charge in [0.25, 0.3) is 0 Å². The molecule has 0 aromatic carbocycles. The second-order valence-corrected chi connectivity index (χ2v) is 5.07. The lowest BCUT2D eigenvalue weighted by molar-refractivity contribution is 0.136. The summed E-state index contributed by atoms with van der Waals surface area (Å²) < 4.78 is 2.20. The Kier molecular flexibility index (Phi) is 4.18. The van der Waals surface area contributed by atoms with Crippen molar-refractivity contribution in [3.8, 4) is 0 Å². The third-order valence-electron chi connectivity index (χ3n) is 3.91. The van der Waals surface area contributed by atoms with Crippen molar-refractivity contribution in [2.75, 3.05) is 19.6 Å². The highest BCUT2D eigenvalue weighted by Crippen LogP contribution is 2.25. The van der Waals surface area contributed by atoms with Crippen LogP contribution < -0.4 is 5.73 Å². The first-order chi connectivity index (χ1) is 8.26. The van der Waals surface area contributed by atoms with Crippen LogP contribution in [0.3, 0.4) is 0 Å². The summed E-state index contributed by atoms with van der Waals surface area (Å²) in [5.74, 6) is 0.862. The molecular weight excluding hydrogens is 212 g/mol. The third-order valence-corrected chi connectivity index (χ3v) is 3.91. The zero-order valence-corrected chi connectivity index (χ0v) is 11.0. The summed E-state index contributed by atoms with van der Waals surface area (Å²) >= 11 is 0. The monoisotopic (exact) mass is 236 g/mol. The summed E-state index contributed by atoms with van der Waals surface area (Å²) in [5, 5.41) is 0. The number of imidazole rings is 1. The van der Waals surface area contributed by atoms with Crippen molar-refractivity contribution in [1.29, 1.82) is 0 Å². The molecule has 17 heavy (non-hydrogen) atoms. The van der Waals surface area contributed by atoms with E-state index in [1.54, 1.807) is 0 Å². The minimum absolute atomic E-state index is 0.338. The van der Waals surface area contributed by atoms with E-state index in [-0.39, 0.29) is 0 Å². The van der Waals surface area contributed by atoms with Gasteiger partial charge in [0, 0.05) is 19.3 Å². The predicted octanol–water partition coefficient (Wildman–Crippen LogP) is 1.63. The first-order valence-electron chi connectivity index (χ1n) is 6.70. The average molecular weight is 236 g/mol. The van der Waals surface area contributed by atoms with Crippen molar-refractivity contribution < 1.29 is 0 Å². The van der Waals surface area contributed by atoms with E-state index in [0.29, 0.717) is 12.6 Å². The molecule has 1 aliphatic rings. The number of likely N-dealkylation sites (tertiary alicyclic amines) is 1. The van der Waals surface area contributed by atoms with Crippen molar-refractivity contribution in [3.63, 3.8) is 0 Å². The molecule has 4 heteroatoms. The summed E-state index contributed by atoms with van der Waals surface area (Å²) in [6.07, 6.45) is 6.46. The van der Waals surface area contributed by atoms with E-state index in [4.69, 9.17) is 5.73 Å². The van der Waals surface area contributed by atoms with Gasteiger partial charge in [-0.05, 0) is 38.8 Å². The van der Waals surface area contributed by atoms with E-state index in [2.05, 4.69) is 28.3 Å². The lowest BCUT2D eigenvalue weighted by Gasteiger charge is -2.36. The minimum atomic E-state index is 0.338. The smallest absolute Gasteiger partial charge is 0.0948 e. The molecular formula is C13H24N4. The highest BCUT2D eigenvalue weighted by Gasteiger charge is 2.25. The maximum atomic E-state index is 5.97. The van der Waals surface area contributed by atoms with Gasteiger partial charge in [0.15, 0.2) is 0 Å². The fraction of sp³-hybridized carbons (Fsp3) is 0.769. The van der Waals surface area contributed by atoms with Gasteiger partial charge in [0.1, 0.15) is 0 Å². The number of aryl methyl sites for hydroxylation is 1. The fourth-order valence-corrected chi connectivity index (χ4v) is 2.67. The second-order valence-electron chi connectivity index (χ2n) is 5.07. The van der Waals surface area contributed by atoms with Crippen molar-refractivity contribution in [1.82, 2.24) is 14.5 Å². The third kappa shape index (κ3) is 2.69. The molecule has 1 aromatic rings. The Bertz CT molecular complexity index is 339. The molecule has 1 aliphatic heterocycles. The zero-order valence-electron chi connectivity index (χ0n) is 11.0. The normalized spacial score (nSPS) is 20.6. The van der Waals surface area contributed by atoms with Crippen LogP contribution in [0.1, 0.15) is 38.4 Å². The Morgan fingerprint density at radius 1 is 1.47 bits per heavy atom. The van der Waals surface area contributed by atoms with Crippen LogP contribution in [-0.2, 0) is 6.54 Å². The molecule has 0 saturated carbocycles. The van der Waals surface area contributed by atoms with E-state index in [9.17, 15) is 0 Å². The van der Waals surface area contributed by atoms with Gasteiger partial charge in [-0.1, -0.05) is 6.92 Å². The molecule has 1 unspecified atom stereocenters. The minimum Gasteiger partial charge on any atom is -0.333 e. The summed E-state index contributed by atoms with van der Waals surface area (Å²) in [5.41, 5.74) is 7.24. The fourth-order valence-electron chi connectivity index (χ4n) is 2.67. The highest BCUT2D eigenvalue weighted by molar-refractivity contribution is 5.07. The summed E-state index contributed by atoms with van der Waals surface area (Å²) in [7, 11) is 0. The topological polar surface area (TPSA) is 47.1 Å². The van der Waals surface area contributed by atoms with E-state index in [1.165, 1.54) is 18.5 Å². The first kappa shape index (κ1) is 12.6. The number of aromatic nitrogens is 2. The molecule has 2 N–H and O–H groups in total. The molecule has 1 saturated heterocycles. The second kappa shape index (κ2) is 5.65. The average Bonchev–Trinajstić information content (AvgIpc) is 2.81. The van der Waals surface area contributed by atoms with Crippen LogP contribution in [0.25, 0.3) is 0 Å². The Labute approximate surface area is 104 Å². The molecule has 1 atom stereocenters. The van der Waals surface area contributed by atoms with Crippen molar-refractivity contribution in [2.24, 2.45) is 11.7 Å². The summed E-state index contributed by atoms with van der Waals surface area (Å²) in [6.45, 7) is 8.47. The summed E-state index contributed by atoms with van der Waals surface area (Å²) in [6, 6.07) is 0.338. The Hall–Kier alpha value is -0.870. The van der Waals surface area contributed by atoms with Gasteiger partial charge in [-0.3, -0.25) is 4.90 Å². The molecule has 0 spiro atoms. The van der Waals surface area contributed by atoms with Gasteiger partial charge < -0.3 is 10.3 Å². The molecule has 1 fully saturated rings. The summed E-state index contributed by atoms with van der Waals surface area (Å²) in [4.78, 5) is 6.77. The van der Waals surface area contributed by atoms with Gasteiger partial charge in [-0.25, -0.2) is 4.98 Å². The van der Waals surface area contributed by atoms with Gasteiger partial charge in [0.2, 0.25) is 0 Å². The maximum absolute atomic E-state index is 5.97. The van der Waals surface area contributed by atoms with Gasteiger partial charge in [-0.2, -0.15) is 0 Å². The van der Waals surface area contributed by atoms with Crippen LogP contribution in [0, 0.1) is 5.92 Å². The van der Waals surface area contributed by atoms with Gasteiger partial charge in [-0.15, -0.1) is 0 Å². The molecule has 4 nitrogen and oxygen atoms in total. The van der Waals surface area contributed by atoms with Crippen LogP contribution in [0.15, 0.2) is 12.5 Å². The number of nitrogens with two attached hydrogens (primary N) is 1.